The van der Waals surface area contributed by atoms with Crippen LogP contribution in [0.4, 0.5) is 0 Å². The summed E-state index contributed by atoms with van der Waals surface area (Å²) in [6.45, 7) is 0. The fraction of sp³-hybridized carbons (Fsp3) is 0. The van der Waals surface area contributed by atoms with Gasteiger partial charge in [-0.15, -0.1) is 0 Å². The molecule has 11 heavy (non-hydrogen) atoms. The van der Waals surface area contributed by atoms with Crippen LogP contribution in [0.3, 0.4) is 0 Å². The third kappa shape index (κ3) is 3900. The van der Waals surface area contributed by atoms with E-state index in [1.807, 2.05) is 0 Å². The van der Waals surface area contributed by atoms with E-state index >= 15 is 0 Å². The summed E-state index contributed by atoms with van der Waals surface area (Å²) in [6.07, 6.45) is 0. The molecule has 0 saturated heterocycles. The van der Waals surface area contributed by atoms with Crippen molar-refractivity contribution in [1.29, 1.82) is 0 Å². The van der Waals surface area contributed by atoms with Crippen molar-refractivity contribution in [3.05, 3.63) is 0 Å². The molecule has 0 aromatic carbocycles. The molecule has 0 saturated carbocycles. The molecule has 0 rings (SSSR count). The van der Waals surface area contributed by atoms with Gasteiger partial charge in [0.1, 0.15) is 0 Å². The van der Waals surface area contributed by atoms with Gasteiger partial charge in [-0.3, -0.25) is 9.11 Å². The standard InChI is InChI=1S/Mg.H2O4S.5H2O/c;1-5(2,3)4;;;;;/h;(H2,1,2,3,4);5*1H2/q+2;;;;;;. The molecule has 0 heterocycles. The van der Waals surface area contributed by atoms with E-state index in [2.05, 4.69) is 0 Å². The van der Waals surface area contributed by atoms with E-state index < -0.39 is 10.4 Å². The van der Waals surface area contributed by atoms with E-state index in [-0.39, 0.29) is 50.4 Å². The van der Waals surface area contributed by atoms with Crippen LogP contribution >= 0.6 is 0 Å². The second kappa shape index (κ2) is 22.4. The number of hydrogen-bond acceptors (Lipinski definition) is 2. The Morgan fingerprint density at radius 2 is 0.727 bits per heavy atom. The van der Waals surface area contributed by atoms with Crippen molar-refractivity contribution < 1.29 is 44.9 Å². The smallest absolute Gasteiger partial charge is 0.412 e. The zero-order valence-electron chi connectivity index (χ0n) is 5.33. The van der Waals surface area contributed by atoms with Crippen molar-refractivity contribution in [2.45, 2.75) is 0 Å². The average Bonchev–Trinajstić information content (AvgIpc) is 0.722. The molecule has 0 aliphatic carbocycles. The van der Waals surface area contributed by atoms with Gasteiger partial charge in [-0.1, -0.05) is 0 Å². The van der Waals surface area contributed by atoms with Crippen LogP contribution in [-0.4, -0.2) is 68.0 Å². The van der Waals surface area contributed by atoms with Crippen LogP contribution in [0, 0.1) is 0 Å². The summed E-state index contributed by atoms with van der Waals surface area (Å²) in [7, 11) is -4.67. The second-order valence-corrected chi connectivity index (χ2v) is 1.34. The van der Waals surface area contributed by atoms with Crippen LogP contribution in [0.1, 0.15) is 0 Å². The van der Waals surface area contributed by atoms with Crippen LogP contribution in [0.5, 0.6) is 0 Å². The zero-order chi connectivity index (χ0) is 4.50. The summed E-state index contributed by atoms with van der Waals surface area (Å²) in [6, 6.07) is 0. The first-order valence-electron chi connectivity index (χ1n) is 0.698. The first-order valence-corrected chi connectivity index (χ1v) is 2.10. The van der Waals surface area contributed by atoms with Gasteiger partial charge in [0, 0.05) is 0 Å². The molecule has 0 aromatic heterocycles. The maximum atomic E-state index is 8.74. The average molecular weight is 212 g/mol. The molecule has 0 radical (unpaired) electrons. The van der Waals surface area contributed by atoms with E-state index in [1.165, 1.54) is 0 Å². The van der Waals surface area contributed by atoms with Crippen molar-refractivity contribution in [2.75, 3.05) is 0 Å². The van der Waals surface area contributed by atoms with E-state index in [9.17, 15) is 0 Å². The minimum atomic E-state index is -4.67. The first-order chi connectivity index (χ1) is 2.00. The van der Waals surface area contributed by atoms with E-state index in [0.717, 1.165) is 0 Å². The summed E-state index contributed by atoms with van der Waals surface area (Å²) in [5.74, 6) is 0. The van der Waals surface area contributed by atoms with Gasteiger partial charge in [0.15, 0.2) is 0 Å². The van der Waals surface area contributed by atoms with Gasteiger partial charge in [0.2, 0.25) is 0 Å². The predicted octanol–water partition coefficient (Wildman–Crippen LogP) is -5.16. The normalized spacial score (nSPS) is 5.27. The third-order valence-corrected chi connectivity index (χ3v) is 0. The van der Waals surface area contributed by atoms with E-state index in [0.29, 0.717) is 0 Å². The van der Waals surface area contributed by atoms with Gasteiger partial charge in [-0.25, -0.2) is 0 Å². The molecule has 9 nitrogen and oxygen atoms in total. The fourth-order valence-corrected chi connectivity index (χ4v) is 0. The van der Waals surface area contributed by atoms with Gasteiger partial charge < -0.3 is 27.4 Å². The van der Waals surface area contributed by atoms with Gasteiger partial charge >= 0.3 is 33.5 Å². The maximum Gasteiger partial charge on any atom is 2.00 e. The summed E-state index contributed by atoms with van der Waals surface area (Å²) >= 11 is 0. The molecule has 0 spiro atoms. The molecule has 0 atom stereocenters. The molecular formula is H12MgO9S+2. The van der Waals surface area contributed by atoms with Crippen LogP contribution in [-0.2, 0) is 10.4 Å². The molecule has 0 aromatic rings. The molecule has 0 unspecified atom stereocenters. The quantitative estimate of drug-likeness (QED) is 0.296. The van der Waals surface area contributed by atoms with Crippen LogP contribution in [0.2, 0.25) is 0 Å². The summed E-state index contributed by atoms with van der Waals surface area (Å²) < 4.78 is 31.6. The molecular weight excluding hydrogens is 200 g/mol. The Kier molecular flexibility index (Phi) is 129. The Morgan fingerprint density at radius 3 is 0.727 bits per heavy atom. The topological polar surface area (TPSA) is 232 Å². The Hall–Kier alpha value is 0.436. The minimum absolute atomic E-state index is 0. The monoisotopic (exact) mass is 212 g/mol. The van der Waals surface area contributed by atoms with Gasteiger partial charge in [0.25, 0.3) is 0 Å². The second-order valence-electron chi connectivity index (χ2n) is 0.448. The van der Waals surface area contributed by atoms with Gasteiger partial charge in [-0.2, -0.15) is 8.42 Å². The predicted molar refractivity (Wildman–Crippen MR) is 38.0 cm³/mol. The summed E-state index contributed by atoms with van der Waals surface area (Å²) in [4.78, 5) is 0. The molecule has 12 N–H and O–H groups in total. The maximum absolute atomic E-state index is 8.74. The Bertz CT molecular complexity index is 92.7. The van der Waals surface area contributed by atoms with Gasteiger partial charge in [0.05, 0.1) is 0 Å². The summed E-state index contributed by atoms with van der Waals surface area (Å²) in [5, 5.41) is 0. The van der Waals surface area contributed by atoms with Crippen molar-refractivity contribution >= 4 is 33.5 Å². The Morgan fingerprint density at radius 1 is 0.727 bits per heavy atom. The Balaban J connectivity index is -0.00000000533. The van der Waals surface area contributed by atoms with Crippen molar-refractivity contribution in [1.82, 2.24) is 0 Å². The molecule has 0 aliphatic rings. The van der Waals surface area contributed by atoms with Crippen LogP contribution in [0.15, 0.2) is 0 Å². The summed E-state index contributed by atoms with van der Waals surface area (Å²) in [5.41, 5.74) is 0. The minimum Gasteiger partial charge on any atom is -0.412 e. The molecule has 0 aliphatic heterocycles. The fourth-order valence-electron chi connectivity index (χ4n) is 0. The largest absolute Gasteiger partial charge is 2.00 e. The van der Waals surface area contributed by atoms with Crippen LogP contribution in [0.25, 0.3) is 0 Å². The Labute approximate surface area is 78.7 Å². The first kappa shape index (κ1) is 63.3. The zero-order valence-corrected chi connectivity index (χ0v) is 7.56. The number of hydrogen-bond donors (Lipinski definition) is 2. The SMILES string of the molecule is O.O.O.O.O.O=S(=O)(O)O.[Mg+2]. The third-order valence-electron chi connectivity index (χ3n) is 0. The molecule has 72 valence electrons. The van der Waals surface area contributed by atoms with Crippen molar-refractivity contribution in [3.8, 4) is 0 Å². The van der Waals surface area contributed by atoms with Gasteiger partial charge in [-0.05, 0) is 0 Å². The molecule has 0 amide bonds. The number of rotatable bonds is 0. The molecule has 11 heteroatoms. The molecule has 0 fully saturated rings. The van der Waals surface area contributed by atoms with Crippen molar-refractivity contribution in [2.24, 2.45) is 0 Å². The van der Waals surface area contributed by atoms with Crippen molar-refractivity contribution in [3.63, 3.8) is 0 Å². The van der Waals surface area contributed by atoms with E-state index in [1.54, 1.807) is 0 Å². The molecule has 0 bridgehead atoms. The van der Waals surface area contributed by atoms with Crippen LogP contribution < -0.4 is 0 Å². The van der Waals surface area contributed by atoms with E-state index in [4.69, 9.17) is 17.5 Å².